The van der Waals surface area contributed by atoms with Gasteiger partial charge in [0, 0.05) is 5.92 Å². The molecule has 0 amide bonds. The summed E-state index contributed by atoms with van der Waals surface area (Å²) in [5.74, 6) is -1.65. The van der Waals surface area contributed by atoms with Gasteiger partial charge in [-0.25, -0.2) is 4.79 Å². The fourth-order valence-corrected chi connectivity index (χ4v) is 13.1. The van der Waals surface area contributed by atoms with Crippen LogP contribution >= 0.6 is 0 Å². The first-order valence-electron chi connectivity index (χ1n) is 20.1. The molecule has 14 heteroatoms. The Morgan fingerprint density at radius 1 is 0.818 bits per heavy atom. The second-order valence-corrected chi connectivity index (χ2v) is 19.3. The molecule has 55 heavy (non-hydrogen) atoms. The molecule has 310 valence electrons. The van der Waals surface area contributed by atoms with Crippen LogP contribution in [0.1, 0.15) is 98.8 Å². The van der Waals surface area contributed by atoms with Crippen molar-refractivity contribution in [3.63, 3.8) is 0 Å². The highest BCUT2D eigenvalue weighted by molar-refractivity contribution is 5.79. The summed E-state index contributed by atoms with van der Waals surface area (Å²) in [4.78, 5) is 26.2. The Morgan fingerprint density at radius 3 is 2.16 bits per heavy atom. The monoisotopic (exact) mass is 778 g/mol. The number of ether oxygens (including phenoxy) is 4. The molecule has 0 aromatic heterocycles. The molecule has 4 saturated carbocycles. The Hall–Kier alpha value is -1.98. The van der Waals surface area contributed by atoms with Crippen molar-refractivity contribution in [1.29, 1.82) is 0 Å². The smallest absolute Gasteiger partial charge is 0.335 e. The van der Waals surface area contributed by atoms with E-state index < -0.39 is 96.9 Å². The van der Waals surface area contributed by atoms with Crippen molar-refractivity contribution in [2.45, 2.75) is 166 Å². The number of hydrogen-bond acceptors (Lipinski definition) is 13. The van der Waals surface area contributed by atoms with E-state index in [1.807, 2.05) is 0 Å². The van der Waals surface area contributed by atoms with Gasteiger partial charge < -0.3 is 59.8 Å². The highest BCUT2D eigenvalue weighted by atomic mass is 16.7. The summed E-state index contributed by atoms with van der Waals surface area (Å²) in [7, 11) is 0. The van der Waals surface area contributed by atoms with Gasteiger partial charge in [-0.15, -0.1) is 0 Å². The van der Waals surface area contributed by atoms with Gasteiger partial charge in [0.1, 0.15) is 42.7 Å². The van der Waals surface area contributed by atoms with Crippen LogP contribution in [0.2, 0.25) is 0 Å². The summed E-state index contributed by atoms with van der Waals surface area (Å²) in [6.45, 7) is 15.2. The number of fused-ring (bicyclic) bond motifs is 7. The summed E-state index contributed by atoms with van der Waals surface area (Å²) >= 11 is 0. The molecular formula is C41H62O14. The molecule has 3 unspecified atom stereocenters. The lowest BCUT2D eigenvalue weighted by Gasteiger charge is -2.71. The van der Waals surface area contributed by atoms with Crippen LogP contribution in [0.15, 0.2) is 23.8 Å². The fourth-order valence-electron chi connectivity index (χ4n) is 13.1. The standard InChI is InChI=1S/C41H62O14/c1-19-9-14-41(36(51)55-34-30(47)27(44)26(43)22(18-42)52-34)16-15-39(5)20(21(41)17-19)7-8-24-38(4)12-11-25(37(2,3)23(38)10-13-40(24,39)6)53-35-31(48)28(45)29(46)32(54-35)33(49)50/h7,21-32,34-35,42-48H,1,8-18H2,2-6H3,(H,49,50)/t21?,22-,23?,24?,25+,26-,27-,28-,29+,30-,31-,32+,34+,35-,38+,39-,40-,41+/m1/s1. The SMILES string of the molecule is C=C1CC[C@]2(C(=O)O[C@@H]3O[C@H](CO)[C@@H](O)[C@@H](O)[C@H]3O)CC[C@]3(C)C(=CCC4[C@@]5(C)CC[C@H](O[C@@H]6O[C@H](C(=O)O)[C@@H](O)[C@@H](O)[C@H]6O)C(C)(C)C5CC[C@]43C)C2C1. The third-order valence-corrected chi connectivity index (χ3v) is 16.6. The van der Waals surface area contributed by atoms with Crippen molar-refractivity contribution < 1.29 is 69.4 Å². The molecule has 14 nitrogen and oxygen atoms in total. The summed E-state index contributed by atoms with van der Waals surface area (Å²) in [5, 5.41) is 82.2. The van der Waals surface area contributed by atoms with E-state index in [1.54, 1.807) is 0 Å². The predicted octanol–water partition coefficient (Wildman–Crippen LogP) is 1.94. The van der Waals surface area contributed by atoms with E-state index in [0.717, 1.165) is 37.7 Å². The molecule has 0 bridgehead atoms. The van der Waals surface area contributed by atoms with Crippen molar-refractivity contribution >= 4 is 11.9 Å². The van der Waals surface area contributed by atoms with E-state index in [2.05, 4.69) is 47.3 Å². The topological polar surface area (TPSA) is 233 Å². The molecule has 6 fully saturated rings. The number of carbonyl (C=O) groups excluding carboxylic acids is 1. The first-order chi connectivity index (χ1) is 25.7. The van der Waals surface area contributed by atoms with Crippen molar-refractivity contribution in [3.8, 4) is 0 Å². The second kappa shape index (κ2) is 14.1. The van der Waals surface area contributed by atoms with Crippen LogP contribution < -0.4 is 0 Å². The minimum absolute atomic E-state index is 0.112. The van der Waals surface area contributed by atoms with E-state index in [1.165, 1.54) is 5.57 Å². The van der Waals surface area contributed by atoms with Crippen molar-refractivity contribution in [2.24, 2.45) is 44.8 Å². The number of aliphatic hydroxyl groups is 7. The summed E-state index contributed by atoms with van der Waals surface area (Å²) in [6.07, 6.45) is -6.78. The highest BCUT2D eigenvalue weighted by Crippen LogP contribution is 2.75. The average molecular weight is 779 g/mol. The zero-order valence-corrected chi connectivity index (χ0v) is 32.7. The zero-order chi connectivity index (χ0) is 40.2. The van der Waals surface area contributed by atoms with Gasteiger partial charge in [-0.3, -0.25) is 4.79 Å². The van der Waals surface area contributed by atoms with Crippen molar-refractivity contribution in [3.05, 3.63) is 23.8 Å². The Labute approximate surface area is 322 Å². The molecule has 5 aliphatic carbocycles. The highest BCUT2D eigenvalue weighted by Gasteiger charge is 2.69. The summed E-state index contributed by atoms with van der Waals surface area (Å²) in [6, 6.07) is 0. The molecule has 2 aliphatic heterocycles. The van der Waals surface area contributed by atoms with E-state index in [-0.39, 0.29) is 34.0 Å². The van der Waals surface area contributed by atoms with Gasteiger partial charge in [-0.2, -0.15) is 0 Å². The molecule has 2 saturated heterocycles. The molecule has 18 atom stereocenters. The van der Waals surface area contributed by atoms with Crippen molar-refractivity contribution in [2.75, 3.05) is 6.61 Å². The molecule has 0 radical (unpaired) electrons. The molecular weight excluding hydrogens is 716 g/mol. The lowest BCUT2D eigenvalue weighted by atomic mass is 9.34. The maximum absolute atomic E-state index is 14.4. The number of esters is 1. The number of carboxylic acids is 1. The van der Waals surface area contributed by atoms with Crippen LogP contribution in [0.3, 0.4) is 0 Å². The van der Waals surface area contributed by atoms with E-state index in [4.69, 9.17) is 18.9 Å². The normalized spacial score (nSPS) is 52.1. The fraction of sp³-hybridized carbons (Fsp3) is 0.854. The zero-order valence-electron chi connectivity index (χ0n) is 32.7. The van der Waals surface area contributed by atoms with Crippen LogP contribution in [-0.2, 0) is 28.5 Å². The third kappa shape index (κ3) is 6.02. The number of allylic oxidation sites excluding steroid dienone is 3. The van der Waals surface area contributed by atoms with Gasteiger partial charge in [0.25, 0.3) is 0 Å². The molecule has 0 aromatic rings. The number of aliphatic hydroxyl groups excluding tert-OH is 7. The predicted molar refractivity (Wildman–Crippen MR) is 193 cm³/mol. The Bertz CT molecular complexity index is 1560. The summed E-state index contributed by atoms with van der Waals surface area (Å²) in [5.41, 5.74) is 0.508. The Balaban J connectivity index is 1.14. The van der Waals surface area contributed by atoms with E-state index in [9.17, 15) is 50.4 Å². The van der Waals surface area contributed by atoms with Gasteiger partial charge in [0.05, 0.1) is 18.1 Å². The van der Waals surface area contributed by atoms with Gasteiger partial charge in [0.2, 0.25) is 6.29 Å². The van der Waals surface area contributed by atoms with Crippen LogP contribution in [0.4, 0.5) is 0 Å². The van der Waals surface area contributed by atoms with E-state index >= 15 is 0 Å². The molecule has 7 aliphatic rings. The maximum Gasteiger partial charge on any atom is 0.335 e. The van der Waals surface area contributed by atoms with Crippen LogP contribution in [0, 0.1) is 44.8 Å². The number of aliphatic carboxylic acids is 1. The van der Waals surface area contributed by atoms with Crippen LogP contribution in [0.25, 0.3) is 0 Å². The molecule has 2 heterocycles. The number of carboxylic acid groups (broad SMARTS) is 1. The maximum atomic E-state index is 14.4. The minimum Gasteiger partial charge on any atom is -0.479 e. The molecule has 0 spiro atoms. The lowest BCUT2D eigenvalue weighted by molar-refractivity contribution is -0.324. The molecule has 8 N–H and O–H groups in total. The molecule has 0 aromatic carbocycles. The van der Waals surface area contributed by atoms with E-state index in [0.29, 0.717) is 32.1 Å². The second-order valence-electron chi connectivity index (χ2n) is 19.3. The van der Waals surface area contributed by atoms with Gasteiger partial charge in [-0.05, 0) is 97.7 Å². The molecule has 7 rings (SSSR count). The Morgan fingerprint density at radius 2 is 1.49 bits per heavy atom. The lowest BCUT2D eigenvalue weighted by Crippen LogP contribution is -2.66. The third-order valence-electron chi connectivity index (χ3n) is 16.6. The quantitative estimate of drug-likeness (QED) is 0.109. The first-order valence-corrected chi connectivity index (χ1v) is 20.1. The van der Waals surface area contributed by atoms with Crippen molar-refractivity contribution in [1.82, 2.24) is 0 Å². The largest absolute Gasteiger partial charge is 0.479 e. The van der Waals surface area contributed by atoms with Crippen LogP contribution in [0.5, 0.6) is 0 Å². The van der Waals surface area contributed by atoms with Gasteiger partial charge >= 0.3 is 11.9 Å². The van der Waals surface area contributed by atoms with Gasteiger partial charge in [-0.1, -0.05) is 58.4 Å². The van der Waals surface area contributed by atoms with Crippen LogP contribution in [-0.4, -0.2) is 127 Å². The number of hydrogen-bond donors (Lipinski definition) is 8. The Kier molecular flexibility index (Phi) is 10.6. The first kappa shape index (κ1) is 41.2. The van der Waals surface area contributed by atoms with Gasteiger partial charge in [0.15, 0.2) is 12.4 Å². The number of rotatable bonds is 6. The average Bonchev–Trinajstić information content (AvgIpc) is 3.13. The number of carbonyl (C=O) groups is 2. The minimum atomic E-state index is -1.79. The summed E-state index contributed by atoms with van der Waals surface area (Å²) < 4.78 is 23.4.